The molecule has 0 aliphatic carbocycles. The summed E-state index contributed by atoms with van der Waals surface area (Å²) < 4.78 is 2.55. The third-order valence-electron chi connectivity index (χ3n) is 2.88. The lowest BCUT2D eigenvalue weighted by Gasteiger charge is -2.05. The van der Waals surface area contributed by atoms with Crippen LogP contribution in [0.2, 0.25) is 0 Å². The van der Waals surface area contributed by atoms with E-state index in [1.807, 2.05) is 60.9 Å². The largest absolute Gasteiger partial charge is 0.329 e. The van der Waals surface area contributed by atoms with Crippen LogP contribution in [0, 0.1) is 0 Å². The van der Waals surface area contributed by atoms with Gasteiger partial charge >= 0.3 is 6.03 Å². The zero-order valence-corrected chi connectivity index (χ0v) is 11.6. The molecule has 1 N–H and O–H groups in total. The van der Waals surface area contributed by atoms with E-state index in [1.165, 1.54) is 0 Å². The summed E-state index contributed by atoms with van der Waals surface area (Å²) in [5.41, 5.74) is 0.769. The second-order valence-corrected chi connectivity index (χ2v) is 5.15. The van der Waals surface area contributed by atoms with Crippen molar-refractivity contribution in [1.82, 2.24) is 4.57 Å². The summed E-state index contributed by atoms with van der Waals surface area (Å²) in [4.78, 5) is 12.1. The van der Waals surface area contributed by atoms with Crippen molar-refractivity contribution in [3.63, 3.8) is 0 Å². The molecule has 1 heterocycles. The minimum absolute atomic E-state index is 0.168. The quantitative estimate of drug-likeness (QED) is 0.705. The summed E-state index contributed by atoms with van der Waals surface area (Å²) in [5, 5.41) is 4.95. The number of carbonyl (C=O) groups excluding carboxylic acids is 1. The van der Waals surface area contributed by atoms with Gasteiger partial charge in [0.15, 0.2) is 0 Å². The van der Waals surface area contributed by atoms with Crippen LogP contribution >= 0.6 is 15.9 Å². The Morgan fingerprint density at radius 2 is 1.53 bits per heavy atom. The lowest BCUT2D eigenvalue weighted by Crippen LogP contribution is -2.17. The predicted molar refractivity (Wildman–Crippen MR) is 80.5 cm³/mol. The van der Waals surface area contributed by atoms with Crippen molar-refractivity contribution >= 4 is 38.4 Å². The van der Waals surface area contributed by atoms with Crippen LogP contribution < -0.4 is 5.32 Å². The lowest BCUT2D eigenvalue weighted by atomic mass is 10.2. The molecule has 4 heteroatoms. The van der Waals surface area contributed by atoms with Crippen LogP contribution in [0.15, 0.2) is 65.4 Å². The number of nitrogens with zero attached hydrogens (tertiary/aromatic N) is 1. The number of amides is 1. The number of aromatic nitrogens is 1. The van der Waals surface area contributed by atoms with Crippen molar-refractivity contribution < 1.29 is 4.79 Å². The van der Waals surface area contributed by atoms with Crippen LogP contribution in [0.3, 0.4) is 0 Å². The number of halogens is 1. The number of benzene rings is 2. The van der Waals surface area contributed by atoms with Gasteiger partial charge in [-0.25, -0.2) is 4.79 Å². The first-order valence-electron chi connectivity index (χ1n) is 5.86. The highest BCUT2D eigenvalue weighted by molar-refractivity contribution is 9.10. The van der Waals surface area contributed by atoms with Gasteiger partial charge in [-0.15, -0.1) is 0 Å². The van der Waals surface area contributed by atoms with E-state index in [0.717, 1.165) is 20.9 Å². The third kappa shape index (κ3) is 2.53. The van der Waals surface area contributed by atoms with Crippen LogP contribution in [0.25, 0.3) is 10.8 Å². The summed E-state index contributed by atoms with van der Waals surface area (Å²) >= 11 is 3.36. The van der Waals surface area contributed by atoms with Gasteiger partial charge in [-0.05, 0) is 35.0 Å². The highest BCUT2D eigenvalue weighted by Gasteiger charge is 2.06. The van der Waals surface area contributed by atoms with E-state index in [0.29, 0.717) is 0 Å². The van der Waals surface area contributed by atoms with Crippen molar-refractivity contribution in [2.24, 2.45) is 0 Å². The number of rotatable bonds is 1. The second-order valence-electron chi connectivity index (χ2n) is 4.23. The third-order valence-corrected chi connectivity index (χ3v) is 3.41. The zero-order chi connectivity index (χ0) is 13.2. The van der Waals surface area contributed by atoms with E-state index in [4.69, 9.17) is 0 Å². The van der Waals surface area contributed by atoms with E-state index < -0.39 is 0 Å². The molecule has 3 nitrogen and oxygen atoms in total. The molecule has 0 saturated heterocycles. The molecule has 94 valence electrons. The van der Waals surface area contributed by atoms with Crippen molar-refractivity contribution in [3.8, 4) is 0 Å². The van der Waals surface area contributed by atoms with Crippen molar-refractivity contribution in [2.45, 2.75) is 0 Å². The van der Waals surface area contributed by atoms with Crippen LogP contribution in [0.5, 0.6) is 0 Å². The molecule has 1 amide bonds. The van der Waals surface area contributed by atoms with Crippen LogP contribution in [-0.2, 0) is 0 Å². The molecule has 0 spiro atoms. The lowest BCUT2D eigenvalue weighted by molar-refractivity contribution is 0.253. The summed E-state index contributed by atoms with van der Waals surface area (Å²) in [5.74, 6) is 0. The average Bonchev–Trinajstić information content (AvgIpc) is 2.85. The molecule has 0 fully saturated rings. The second kappa shape index (κ2) is 4.90. The Kier molecular flexibility index (Phi) is 3.09. The fourth-order valence-corrected chi connectivity index (χ4v) is 2.19. The van der Waals surface area contributed by atoms with Gasteiger partial charge in [0.1, 0.15) is 0 Å². The Morgan fingerprint density at radius 1 is 0.947 bits per heavy atom. The molecule has 0 aliphatic heterocycles. The molecule has 3 rings (SSSR count). The zero-order valence-electron chi connectivity index (χ0n) is 10.0. The van der Waals surface area contributed by atoms with E-state index in [9.17, 15) is 4.79 Å². The Hall–Kier alpha value is -2.07. The number of fused-ring (bicyclic) bond motifs is 1. The van der Waals surface area contributed by atoms with Gasteiger partial charge in [-0.3, -0.25) is 4.57 Å². The van der Waals surface area contributed by atoms with Gasteiger partial charge in [0.05, 0.1) is 0 Å². The minimum Gasteiger partial charge on any atom is -0.307 e. The van der Waals surface area contributed by atoms with Crippen LogP contribution in [0.1, 0.15) is 0 Å². The summed E-state index contributed by atoms with van der Waals surface area (Å²) in [7, 11) is 0. The molecular weight excluding hydrogens is 304 g/mol. The number of hydrogen-bond acceptors (Lipinski definition) is 1. The smallest absolute Gasteiger partial charge is 0.307 e. The minimum atomic E-state index is -0.168. The molecular formula is C15H11BrN2O. The highest BCUT2D eigenvalue weighted by Crippen LogP contribution is 2.17. The molecule has 0 unspecified atom stereocenters. The van der Waals surface area contributed by atoms with Crippen molar-refractivity contribution in [3.05, 3.63) is 65.4 Å². The fourth-order valence-electron chi connectivity index (χ4n) is 1.92. The maximum absolute atomic E-state index is 12.1. The molecule has 0 saturated carbocycles. The van der Waals surface area contributed by atoms with Gasteiger partial charge < -0.3 is 5.32 Å². The molecule has 19 heavy (non-hydrogen) atoms. The highest BCUT2D eigenvalue weighted by atomic mass is 79.9. The number of carbonyl (C=O) groups is 1. The Labute approximate surface area is 119 Å². The number of nitrogens with one attached hydrogen (secondary N) is 1. The number of anilines is 1. The summed E-state index contributed by atoms with van der Waals surface area (Å²) in [6.07, 6.45) is 3.65. The first kappa shape index (κ1) is 12.0. The molecule has 3 aromatic rings. The van der Waals surface area contributed by atoms with Crippen molar-refractivity contribution in [2.75, 3.05) is 5.32 Å². The van der Waals surface area contributed by atoms with Crippen LogP contribution in [-0.4, -0.2) is 10.6 Å². The van der Waals surface area contributed by atoms with E-state index in [-0.39, 0.29) is 6.03 Å². The topological polar surface area (TPSA) is 34.0 Å². The molecule has 0 bridgehead atoms. The van der Waals surface area contributed by atoms with Gasteiger partial charge in [0, 0.05) is 22.6 Å². The van der Waals surface area contributed by atoms with Crippen molar-refractivity contribution in [1.29, 1.82) is 0 Å². The maximum Gasteiger partial charge on any atom is 0.329 e. The first-order valence-corrected chi connectivity index (χ1v) is 6.65. The molecule has 0 radical (unpaired) electrons. The maximum atomic E-state index is 12.1. The van der Waals surface area contributed by atoms with E-state index in [1.54, 1.807) is 4.57 Å². The van der Waals surface area contributed by atoms with Gasteiger partial charge in [0.25, 0.3) is 0 Å². The molecule has 2 aromatic carbocycles. The molecule has 1 aromatic heterocycles. The van der Waals surface area contributed by atoms with Gasteiger partial charge in [-0.2, -0.15) is 0 Å². The summed E-state index contributed by atoms with van der Waals surface area (Å²) in [6, 6.07) is 15.2. The fraction of sp³-hybridized carbons (Fsp3) is 0. The van der Waals surface area contributed by atoms with E-state index in [2.05, 4.69) is 21.2 Å². The van der Waals surface area contributed by atoms with E-state index >= 15 is 0 Å². The Bertz CT molecular complexity index is 698. The monoisotopic (exact) mass is 314 g/mol. The Morgan fingerprint density at radius 3 is 2.11 bits per heavy atom. The summed E-state index contributed by atoms with van der Waals surface area (Å²) in [6.45, 7) is 0. The van der Waals surface area contributed by atoms with Gasteiger partial charge in [0.2, 0.25) is 0 Å². The van der Waals surface area contributed by atoms with Crippen LogP contribution in [0.4, 0.5) is 10.5 Å². The molecule has 0 aliphatic rings. The SMILES string of the molecule is O=C(Nc1ccc(Br)cc1)n1cc2ccccc2c1. The van der Waals surface area contributed by atoms with Gasteiger partial charge in [-0.1, -0.05) is 40.2 Å². The number of hydrogen-bond donors (Lipinski definition) is 1. The normalized spacial score (nSPS) is 10.6. The average molecular weight is 315 g/mol. The molecule has 0 atom stereocenters. The predicted octanol–water partition coefficient (Wildman–Crippen LogP) is 4.48. The first-order chi connectivity index (χ1) is 9.22. The Balaban J connectivity index is 1.85. The standard InChI is InChI=1S/C15H11BrN2O/c16-13-5-7-14(8-6-13)17-15(19)18-9-11-3-1-2-4-12(11)10-18/h1-10H,(H,17,19).